The van der Waals surface area contributed by atoms with Crippen LogP contribution in [0.2, 0.25) is 0 Å². The van der Waals surface area contributed by atoms with E-state index in [0.29, 0.717) is 5.71 Å². The van der Waals surface area contributed by atoms with E-state index in [1.165, 1.54) is 6.92 Å². The Morgan fingerprint density at radius 2 is 2.46 bits per heavy atom. The minimum absolute atomic E-state index is 0.159. The molecule has 0 aromatic rings. The number of nitriles is 1. The highest BCUT2D eigenvalue weighted by atomic mass is 16.7. The maximum absolute atomic E-state index is 10.5. The highest BCUT2D eigenvalue weighted by molar-refractivity contribution is 5.89. The van der Waals surface area contributed by atoms with Crippen molar-refractivity contribution < 1.29 is 9.63 Å². The average molecular weight is 180 g/mol. The van der Waals surface area contributed by atoms with Crippen LogP contribution in [0.15, 0.2) is 5.16 Å². The van der Waals surface area contributed by atoms with Crippen molar-refractivity contribution >= 4 is 11.7 Å². The fraction of sp³-hybridized carbons (Fsp3) is 0.667. The van der Waals surface area contributed by atoms with E-state index in [-0.39, 0.29) is 5.92 Å². The summed E-state index contributed by atoms with van der Waals surface area (Å²) in [6.07, 6.45) is 3.68. The topological polar surface area (TPSA) is 62.4 Å². The Hall–Kier alpha value is -1.37. The van der Waals surface area contributed by atoms with Crippen LogP contribution in [-0.2, 0) is 9.63 Å². The minimum Gasteiger partial charge on any atom is -0.319 e. The molecule has 4 heteroatoms. The van der Waals surface area contributed by atoms with E-state index in [1.54, 1.807) is 0 Å². The first-order valence-corrected chi connectivity index (χ1v) is 4.38. The lowest BCUT2D eigenvalue weighted by molar-refractivity contribution is -0.141. The molecule has 1 atom stereocenters. The first kappa shape index (κ1) is 9.72. The highest BCUT2D eigenvalue weighted by Gasteiger charge is 2.20. The Labute approximate surface area is 77.2 Å². The average Bonchev–Trinajstić information content (AvgIpc) is 2.15. The molecule has 1 fully saturated rings. The Morgan fingerprint density at radius 3 is 3.08 bits per heavy atom. The van der Waals surface area contributed by atoms with Gasteiger partial charge in [0.1, 0.15) is 0 Å². The lowest BCUT2D eigenvalue weighted by Crippen LogP contribution is -2.18. The minimum atomic E-state index is -0.435. The zero-order valence-electron chi connectivity index (χ0n) is 7.62. The van der Waals surface area contributed by atoms with E-state index < -0.39 is 5.97 Å². The Bertz CT molecular complexity index is 265. The van der Waals surface area contributed by atoms with Crippen LogP contribution >= 0.6 is 0 Å². The molecular weight excluding hydrogens is 168 g/mol. The van der Waals surface area contributed by atoms with Crippen molar-refractivity contribution in [2.75, 3.05) is 0 Å². The van der Waals surface area contributed by atoms with Gasteiger partial charge in [-0.3, -0.25) is 0 Å². The second kappa shape index (κ2) is 4.61. The van der Waals surface area contributed by atoms with Gasteiger partial charge in [-0.2, -0.15) is 5.26 Å². The number of hydrogen-bond donors (Lipinski definition) is 0. The molecule has 1 saturated carbocycles. The van der Waals surface area contributed by atoms with Crippen molar-refractivity contribution in [1.82, 2.24) is 0 Å². The molecular formula is C9H12N2O2. The number of rotatable bonds is 1. The molecule has 0 bridgehead atoms. The predicted octanol–water partition coefficient (Wildman–Crippen LogP) is 1.62. The van der Waals surface area contributed by atoms with E-state index >= 15 is 0 Å². The molecule has 0 heterocycles. The molecule has 0 N–H and O–H groups in total. The van der Waals surface area contributed by atoms with Crippen LogP contribution in [0.25, 0.3) is 0 Å². The standard InChI is InChI=1S/C9H12N2O2/c1-7(12)13-11-9-5-3-2-4-8(9)6-10/h8H,2-5H2,1H3/b11-9-. The van der Waals surface area contributed by atoms with E-state index in [4.69, 9.17) is 5.26 Å². The van der Waals surface area contributed by atoms with E-state index in [9.17, 15) is 4.79 Å². The summed E-state index contributed by atoms with van der Waals surface area (Å²) in [7, 11) is 0. The molecule has 13 heavy (non-hydrogen) atoms. The molecule has 0 amide bonds. The van der Waals surface area contributed by atoms with Crippen molar-refractivity contribution in [3.8, 4) is 6.07 Å². The van der Waals surface area contributed by atoms with Crippen LogP contribution in [0.3, 0.4) is 0 Å². The molecule has 70 valence electrons. The number of oxime groups is 1. The molecule has 0 radical (unpaired) electrons. The Kier molecular flexibility index (Phi) is 3.44. The van der Waals surface area contributed by atoms with E-state index in [1.807, 2.05) is 0 Å². The molecule has 0 spiro atoms. The van der Waals surface area contributed by atoms with E-state index in [0.717, 1.165) is 25.7 Å². The summed E-state index contributed by atoms with van der Waals surface area (Å²) in [6, 6.07) is 2.16. The van der Waals surface area contributed by atoms with Crippen LogP contribution in [0.4, 0.5) is 0 Å². The molecule has 0 saturated heterocycles. The first-order valence-electron chi connectivity index (χ1n) is 4.38. The summed E-state index contributed by atoms with van der Waals surface area (Å²) in [5, 5.41) is 12.4. The second-order valence-electron chi connectivity index (χ2n) is 3.09. The zero-order chi connectivity index (χ0) is 9.68. The summed E-state index contributed by atoms with van der Waals surface area (Å²) in [5.74, 6) is -0.595. The van der Waals surface area contributed by atoms with Gasteiger partial charge in [-0.25, -0.2) is 4.79 Å². The third-order valence-corrected chi connectivity index (χ3v) is 2.03. The van der Waals surface area contributed by atoms with Gasteiger partial charge in [-0.15, -0.1) is 0 Å². The summed E-state index contributed by atoms with van der Waals surface area (Å²) in [5.41, 5.74) is 0.712. The number of nitrogens with zero attached hydrogens (tertiary/aromatic N) is 2. The summed E-state index contributed by atoms with van der Waals surface area (Å²) in [4.78, 5) is 15.0. The highest BCUT2D eigenvalue weighted by Crippen LogP contribution is 2.21. The van der Waals surface area contributed by atoms with Crippen molar-refractivity contribution in [3.05, 3.63) is 0 Å². The lowest BCUT2D eigenvalue weighted by atomic mass is 9.88. The normalized spacial score (nSPS) is 25.2. The van der Waals surface area contributed by atoms with Gasteiger partial charge >= 0.3 is 5.97 Å². The van der Waals surface area contributed by atoms with Gasteiger partial charge in [0.25, 0.3) is 0 Å². The smallest absolute Gasteiger partial charge is 0.319 e. The maximum Gasteiger partial charge on any atom is 0.331 e. The fourth-order valence-corrected chi connectivity index (χ4v) is 1.37. The maximum atomic E-state index is 10.5. The molecule has 4 nitrogen and oxygen atoms in total. The molecule has 1 aliphatic rings. The van der Waals surface area contributed by atoms with Crippen molar-refractivity contribution in [3.63, 3.8) is 0 Å². The fourth-order valence-electron chi connectivity index (χ4n) is 1.37. The summed E-state index contributed by atoms with van der Waals surface area (Å²) in [6.45, 7) is 1.30. The number of hydrogen-bond acceptors (Lipinski definition) is 4. The van der Waals surface area contributed by atoms with Crippen LogP contribution in [-0.4, -0.2) is 11.7 Å². The van der Waals surface area contributed by atoms with E-state index in [2.05, 4.69) is 16.1 Å². The SMILES string of the molecule is CC(=O)O/N=C1/CCCCC1C#N. The summed E-state index contributed by atoms with van der Waals surface area (Å²) >= 11 is 0. The van der Waals surface area contributed by atoms with Gasteiger partial charge in [-0.05, 0) is 19.3 Å². The van der Waals surface area contributed by atoms with Crippen LogP contribution in [0.5, 0.6) is 0 Å². The van der Waals surface area contributed by atoms with Gasteiger partial charge < -0.3 is 4.84 Å². The van der Waals surface area contributed by atoms with Crippen molar-refractivity contribution in [1.29, 1.82) is 5.26 Å². The number of carbonyl (C=O) groups is 1. The lowest BCUT2D eigenvalue weighted by Gasteiger charge is -2.16. The number of carbonyl (C=O) groups excluding carboxylic acids is 1. The predicted molar refractivity (Wildman–Crippen MR) is 46.8 cm³/mol. The molecule has 0 aromatic carbocycles. The van der Waals surface area contributed by atoms with Crippen molar-refractivity contribution in [2.24, 2.45) is 11.1 Å². The van der Waals surface area contributed by atoms with Crippen LogP contribution < -0.4 is 0 Å². The van der Waals surface area contributed by atoms with Gasteiger partial charge in [0.2, 0.25) is 0 Å². The second-order valence-corrected chi connectivity index (χ2v) is 3.09. The van der Waals surface area contributed by atoms with Crippen molar-refractivity contribution in [2.45, 2.75) is 32.6 Å². The molecule has 1 rings (SSSR count). The molecule has 1 unspecified atom stereocenters. The first-order chi connectivity index (χ1) is 6.24. The van der Waals surface area contributed by atoms with Crippen LogP contribution in [0, 0.1) is 17.2 Å². The molecule has 1 aliphatic carbocycles. The van der Waals surface area contributed by atoms with Crippen LogP contribution in [0.1, 0.15) is 32.6 Å². The molecule has 0 aliphatic heterocycles. The van der Waals surface area contributed by atoms with Gasteiger partial charge in [0.15, 0.2) is 0 Å². The monoisotopic (exact) mass is 180 g/mol. The summed E-state index contributed by atoms with van der Waals surface area (Å²) < 4.78 is 0. The largest absolute Gasteiger partial charge is 0.331 e. The van der Waals surface area contributed by atoms with Gasteiger partial charge in [0, 0.05) is 6.92 Å². The quantitative estimate of drug-likeness (QED) is 0.455. The third-order valence-electron chi connectivity index (χ3n) is 2.03. The van der Waals surface area contributed by atoms with Gasteiger partial charge in [-0.1, -0.05) is 11.6 Å². The zero-order valence-corrected chi connectivity index (χ0v) is 7.62. The molecule has 0 aromatic heterocycles. The third kappa shape index (κ3) is 2.86. The Balaban J connectivity index is 2.59. The van der Waals surface area contributed by atoms with Gasteiger partial charge in [0.05, 0.1) is 17.7 Å². The Morgan fingerprint density at radius 1 is 1.69 bits per heavy atom.